The number of aromatic nitrogens is 2. The number of ether oxygens (including phenoxy) is 1. The Bertz CT molecular complexity index is 1400. The lowest BCUT2D eigenvalue weighted by molar-refractivity contribution is -0.124. The van der Waals surface area contributed by atoms with Gasteiger partial charge in [-0.05, 0) is 78.3 Å². The molecule has 1 amide bonds. The van der Waals surface area contributed by atoms with E-state index in [2.05, 4.69) is 52.3 Å². The van der Waals surface area contributed by atoms with Gasteiger partial charge in [0.1, 0.15) is 5.75 Å². The maximum absolute atomic E-state index is 11.4. The highest BCUT2D eigenvalue weighted by Crippen LogP contribution is 2.38. The molecule has 2 aromatic heterocycles. The van der Waals surface area contributed by atoms with E-state index in [9.17, 15) is 4.79 Å². The van der Waals surface area contributed by atoms with Crippen LogP contribution in [0, 0.1) is 6.92 Å². The zero-order valence-electron chi connectivity index (χ0n) is 20.7. The molecular formula is C29H32N4O3. The number of aromatic amines is 2. The Hall–Kier alpha value is -3.81. The van der Waals surface area contributed by atoms with Gasteiger partial charge in [-0.25, -0.2) is 5.48 Å². The predicted octanol–water partition coefficient (Wildman–Crippen LogP) is 5.06. The number of hydroxylamine groups is 1. The van der Waals surface area contributed by atoms with Crippen LogP contribution in [0.5, 0.6) is 5.75 Å². The molecule has 1 aliphatic carbocycles. The second-order valence-electron chi connectivity index (χ2n) is 9.40. The fraction of sp³-hybridized carbons (Fsp3) is 0.276. The predicted molar refractivity (Wildman–Crippen MR) is 141 cm³/mol. The fourth-order valence-corrected chi connectivity index (χ4v) is 5.29. The number of nitrogens with one attached hydrogen (secondary N) is 3. The van der Waals surface area contributed by atoms with E-state index < -0.39 is 5.91 Å². The molecule has 4 aromatic rings. The van der Waals surface area contributed by atoms with Crippen LogP contribution in [0.1, 0.15) is 46.0 Å². The van der Waals surface area contributed by atoms with Crippen molar-refractivity contribution in [3.8, 4) is 5.75 Å². The summed E-state index contributed by atoms with van der Waals surface area (Å²) in [5.41, 5.74) is 10.2. The van der Waals surface area contributed by atoms with Crippen LogP contribution in [0.2, 0.25) is 0 Å². The molecule has 0 saturated heterocycles. The topological polar surface area (TPSA) is 93.4 Å². The van der Waals surface area contributed by atoms with Crippen molar-refractivity contribution in [3.63, 3.8) is 0 Å². The molecule has 0 radical (unpaired) electrons. The Morgan fingerprint density at radius 1 is 1.19 bits per heavy atom. The van der Waals surface area contributed by atoms with Crippen molar-refractivity contribution in [1.29, 1.82) is 0 Å². The molecule has 2 heterocycles. The van der Waals surface area contributed by atoms with Crippen molar-refractivity contribution in [3.05, 3.63) is 94.4 Å². The zero-order valence-corrected chi connectivity index (χ0v) is 20.7. The average Bonchev–Trinajstić information content (AvgIpc) is 3.62. The first kappa shape index (κ1) is 23.9. The second-order valence-corrected chi connectivity index (χ2v) is 9.40. The van der Waals surface area contributed by atoms with Crippen molar-refractivity contribution in [1.82, 2.24) is 20.3 Å². The molecule has 0 aliphatic heterocycles. The van der Waals surface area contributed by atoms with E-state index >= 15 is 0 Å². The van der Waals surface area contributed by atoms with Gasteiger partial charge in [-0.2, -0.15) is 0 Å². The van der Waals surface area contributed by atoms with Gasteiger partial charge in [-0.1, -0.05) is 18.2 Å². The minimum absolute atomic E-state index is 0.332. The molecule has 0 spiro atoms. The van der Waals surface area contributed by atoms with E-state index in [1.165, 1.54) is 39.4 Å². The molecule has 7 nitrogen and oxygen atoms in total. The zero-order chi connectivity index (χ0) is 25.1. The molecule has 186 valence electrons. The van der Waals surface area contributed by atoms with Gasteiger partial charge in [0.2, 0.25) is 0 Å². The highest BCUT2D eigenvalue weighted by Gasteiger charge is 2.28. The lowest BCUT2D eigenvalue weighted by atomic mass is 10.0. The quantitative estimate of drug-likeness (QED) is 0.152. The number of benzene rings is 2. The molecule has 2 aromatic carbocycles. The van der Waals surface area contributed by atoms with Crippen LogP contribution in [-0.2, 0) is 24.2 Å². The summed E-state index contributed by atoms with van der Waals surface area (Å²) in [5, 5.41) is 9.96. The third-order valence-corrected chi connectivity index (χ3v) is 7.27. The number of aryl methyl sites for hydroxylation is 2. The number of carbonyl (C=O) groups is 1. The van der Waals surface area contributed by atoms with E-state index in [0.29, 0.717) is 6.04 Å². The summed E-state index contributed by atoms with van der Waals surface area (Å²) >= 11 is 0. The van der Waals surface area contributed by atoms with Gasteiger partial charge in [0, 0.05) is 60.3 Å². The Kier molecular flexibility index (Phi) is 6.93. The van der Waals surface area contributed by atoms with Crippen molar-refractivity contribution >= 4 is 22.9 Å². The van der Waals surface area contributed by atoms with E-state index in [0.717, 1.165) is 49.2 Å². The lowest BCUT2D eigenvalue weighted by Gasteiger charge is -2.30. The van der Waals surface area contributed by atoms with Gasteiger partial charge in [-0.15, -0.1) is 0 Å². The van der Waals surface area contributed by atoms with E-state index in [4.69, 9.17) is 9.94 Å². The average molecular weight is 485 g/mol. The van der Waals surface area contributed by atoms with Gasteiger partial charge < -0.3 is 14.7 Å². The molecule has 7 heteroatoms. The van der Waals surface area contributed by atoms with Gasteiger partial charge in [0.15, 0.2) is 0 Å². The standard InChI is InChI=1S/C29H32N4O3/c1-19-23(11-13-30-19)18-33(14-12-22-17-31-27-16-24(36-2)6-8-25(22)27)28-9-5-21-15-20(3-7-26(21)28)4-10-29(34)32-35/h3-4,6-8,10-11,13,15-17,28,30-31,35H,5,9,12,14,18H2,1-2H3,(H,32,34). The smallest absolute Gasteiger partial charge is 0.267 e. The first-order valence-corrected chi connectivity index (χ1v) is 12.3. The maximum Gasteiger partial charge on any atom is 0.267 e. The highest BCUT2D eigenvalue weighted by molar-refractivity contribution is 5.90. The lowest BCUT2D eigenvalue weighted by Crippen LogP contribution is -2.29. The summed E-state index contributed by atoms with van der Waals surface area (Å²) in [7, 11) is 1.69. The molecule has 1 unspecified atom stereocenters. The van der Waals surface area contributed by atoms with Crippen LogP contribution in [0.4, 0.5) is 0 Å². The van der Waals surface area contributed by atoms with Gasteiger partial charge in [0.25, 0.3) is 5.91 Å². The van der Waals surface area contributed by atoms with Crippen LogP contribution in [0.3, 0.4) is 0 Å². The summed E-state index contributed by atoms with van der Waals surface area (Å²) in [6.45, 7) is 3.95. The number of carbonyl (C=O) groups excluding carboxylic acids is 1. The van der Waals surface area contributed by atoms with Crippen molar-refractivity contribution in [2.45, 2.75) is 38.8 Å². The fourth-order valence-electron chi connectivity index (χ4n) is 5.29. The highest BCUT2D eigenvalue weighted by atomic mass is 16.5. The Morgan fingerprint density at radius 3 is 2.86 bits per heavy atom. The normalized spacial score (nSPS) is 15.2. The second kappa shape index (κ2) is 10.4. The van der Waals surface area contributed by atoms with Crippen LogP contribution in [0.25, 0.3) is 17.0 Å². The molecule has 0 fully saturated rings. The summed E-state index contributed by atoms with van der Waals surface area (Å²) in [6.07, 6.45) is 10.2. The number of H-pyrrole nitrogens is 2. The van der Waals surface area contributed by atoms with Crippen molar-refractivity contribution < 1.29 is 14.7 Å². The van der Waals surface area contributed by atoms with Gasteiger partial charge in [0.05, 0.1) is 7.11 Å². The van der Waals surface area contributed by atoms with Gasteiger partial charge in [-0.3, -0.25) is 14.9 Å². The number of nitrogens with zero attached hydrogens (tertiary/aromatic N) is 1. The minimum atomic E-state index is -0.530. The van der Waals surface area contributed by atoms with E-state index in [1.54, 1.807) is 18.7 Å². The maximum atomic E-state index is 11.4. The number of hydrogen-bond donors (Lipinski definition) is 4. The first-order valence-electron chi connectivity index (χ1n) is 12.3. The Labute approximate surface area is 210 Å². The minimum Gasteiger partial charge on any atom is -0.497 e. The largest absolute Gasteiger partial charge is 0.497 e. The Balaban J connectivity index is 1.39. The van der Waals surface area contributed by atoms with Crippen LogP contribution in [0.15, 0.2) is 60.9 Å². The molecule has 0 saturated carbocycles. The van der Waals surface area contributed by atoms with Crippen LogP contribution < -0.4 is 10.2 Å². The summed E-state index contributed by atoms with van der Waals surface area (Å²) < 4.78 is 5.38. The number of hydrogen-bond acceptors (Lipinski definition) is 4. The monoisotopic (exact) mass is 484 g/mol. The number of fused-ring (bicyclic) bond motifs is 2. The van der Waals surface area contributed by atoms with Crippen LogP contribution in [-0.4, -0.2) is 39.6 Å². The van der Waals surface area contributed by atoms with Crippen LogP contribution >= 0.6 is 0 Å². The number of amides is 1. The summed E-state index contributed by atoms with van der Waals surface area (Å²) in [6, 6.07) is 15.1. The SMILES string of the molecule is COc1ccc2c(CCN(Cc3cc[nH]c3C)C3CCc4cc(C=CC(=O)NO)ccc43)c[nH]c2c1. The molecule has 36 heavy (non-hydrogen) atoms. The van der Waals surface area contributed by atoms with Crippen molar-refractivity contribution in [2.75, 3.05) is 13.7 Å². The molecule has 5 rings (SSSR count). The molecular weight excluding hydrogens is 452 g/mol. The molecule has 0 bridgehead atoms. The number of methoxy groups -OCH3 is 1. The molecule has 1 aliphatic rings. The molecule has 1 atom stereocenters. The van der Waals surface area contributed by atoms with Crippen molar-refractivity contribution in [2.24, 2.45) is 0 Å². The first-order chi connectivity index (χ1) is 17.6. The summed E-state index contributed by atoms with van der Waals surface area (Å²) in [4.78, 5) is 20.7. The number of rotatable bonds is 9. The van der Waals surface area contributed by atoms with Gasteiger partial charge >= 0.3 is 0 Å². The Morgan fingerprint density at radius 2 is 2.08 bits per heavy atom. The third kappa shape index (κ3) is 4.94. The van der Waals surface area contributed by atoms with E-state index in [1.807, 2.05) is 24.4 Å². The molecule has 4 N–H and O–H groups in total. The van der Waals surface area contributed by atoms with E-state index in [-0.39, 0.29) is 0 Å². The summed E-state index contributed by atoms with van der Waals surface area (Å²) in [5.74, 6) is 0.325. The third-order valence-electron chi connectivity index (χ3n) is 7.27.